The number of aromatic nitrogens is 1. The molecule has 0 unspecified atom stereocenters. The Bertz CT molecular complexity index is 466. The van der Waals surface area contributed by atoms with Crippen LogP contribution in [0.1, 0.15) is 31.4 Å². The Kier molecular flexibility index (Phi) is 5.82. The van der Waals surface area contributed by atoms with E-state index in [9.17, 15) is 9.90 Å². The van der Waals surface area contributed by atoms with Crippen LogP contribution in [0.3, 0.4) is 0 Å². The first-order valence-corrected chi connectivity index (χ1v) is 7.71. The number of halogens is 1. The van der Waals surface area contributed by atoms with Crippen molar-refractivity contribution in [2.75, 3.05) is 13.6 Å². The second kappa shape index (κ2) is 7.61. The van der Waals surface area contributed by atoms with Crippen molar-refractivity contribution in [3.05, 3.63) is 29.0 Å². The molecule has 2 amide bonds. The fourth-order valence-corrected chi connectivity index (χ4v) is 2.76. The van der Waals surface area contributed by atoms with E-state index in [4.69, 9.17) is 11.6 Å². The number of nitrogens with zero attached hydrogens (tertiary/aromatic N) is 2. The van der Waals surface area contributed by atoms with Gasteiger partial charge in [-0.2, -0.15) is 0 Å². The van der Waals surface area contributed by atoms with Crippen LogP contribution in [0, 0.1) is 5.92 Å². The molecule has 0 radical (unpaired) electrons. The zero-order chi connectivity index (χ0) is 15.2. The van der Waals surface area contributed by atoms with Gasteiger partial charge in [-0.1, -0.05) is 24.4 Å². The lowest BCUT2D eigenvalue weighted by molar-refractivity contribution is 0.0565. The van der Waals surface area contributed by atoms with Crippen LogP contribution < -0.4 is 5.32 Å². The highest BCUT2D eigenvalue weighted by Gasteiger charge is 2.25. The van der Waals surface area contributed by atoms with Gasteiger partial charge in [0.05, 0.1) is 23.4 Å². The monoisotopic (exact) mass is 311 g/mol. The summed E-state index contributed by atoms with van der Waals surface area (Å²) in [7, 11) is 1.76. The van der Waals surface area contributed by atoms with Crippen molar-refractivity contribution >= 4 is 17.6 Å². The molecule has 2 N–H and O–H groups in total. The SMILES string of the molecule is CN(C[C@@H]1CCCC[C@H]1O)C(=O)NCc1ccc(Cl)cn1. The van der Waals surface area contributed by atoms with E-state index in [2.05, 4.69) is 10.3 Å². The van der Waals surface area contributed by atoms with Gasteiger partial charge in [0.15, 0.2) is 0 Å². The van der Waals surface area contributed by atoms with E-state index in [1.54, 1.807) is 30.3 Å². The van der Waals surface area contributed by atoms with Crippen molar-refractivity contribution in [2.45, 2.75) is 38.3 Å². The molecule has 5 nitrogen and oxygen atoms in total. The third kappa shape index (κ3) is 4.86. The predicted octanol–water partition coefficient (Wildman–Crippen LogP) is 2.43. The number of nitrogens with one attached hydrogen (secondary N) is 1. The molecule has 6 heteroatoms. The van der Waals surface area contributed by atoms with Crippen molar-refractivity contribution in [3.63, 3.8) is 0 Å². The Morgan fingerprint density at radius 1 is 1.48 bits per heavy atom. The Morgan fingerprint density at radius 3 is 2.90 bits per heavy atom. The van der Waals surface area contributed by atoms with E-state index in [0.29, 0.717) is 18.1 Å². The number of aliphatic hydroxyl groups excluding tert-OH is 1. The van der Waals surface area contributed by atoms with Crippen LogP contribution >= 0.6 is 11.6 Å². The molecule has 1 heterocycles. The average Bonchev–Trinajstić information content (AvgIpc) is 2.48. The van der Waals surface area contributed by atoms with Gasteiger partial charge in [0.2, 0.25) is 0 Å². The van der Waals surface area contributed by atoms with Gasteiger partial charge in [-0.15, -0.1) is 0 Å². The van der Waals surface area contributed by atoms with Gasteiger partial charge in [-0.3, -0.25) is 4.98 Å². The molecule has 0 bridgehead atoms. The fraction of sp³-hybridized carbons (Fsp3) is 0.600. The minimum atomic E-state index is -0.285. The van der Waals surface area contributed by atoms with Gasteiger partial charge >= 0.3 is 6.03 Å². The zero-order valence-corrected chi connectivity index (χ0v) is 13.0. The molecular weight excluding hydrogens is 290 g/mol. The molecule has 0 saturated heterocycles. The molecule has 1 aromatic heterocycles. The molecule has 0 spiro atoms. The third-order valence-corrected chi connectivity index (χ3v) is 4.16. The van der Waals surface area contributed by atoms with E-state index in [0.717, 1.165) is 31.4 Å². The van der Waals surface area contributed by atoms with Gasteiger partial charge in [0.25, 0.3) is 0 Å². The maximum atomic E-state index is 12.0. The van der Waals surface area contributed by atoms with Gasteiger partial charge in [-0.25, -0.2) is 4.79 Å². The number of hydrogen-bond donors (Lipinski definition) is 2. The summed E-state index contributed by atoms with van der Waals surface area (Å²) in [4.78, 5) is 17.8. The highest BCUT2D eigenvalue weighted by atomic mass is 35.5. The van der Waals surface area contributed by atoms with Crippen molar-refractivity contribution in [1.82, 2.24) is 15.2 Å². The van der Waals surface area contributed by atoms with Gasteiger partial charge < -0.3 is 15.3 Å². The van der Waals surface area contributed by atoms with Crippen LogP contribution in [0.2, 0.25) is 5.02 Å². The highest BCUT2D eigenvalue weighted by molar-refractivity contribution is 6.30. The number of rotatable bonds is 4. The molecule has 1 aromatic rings. The average molecular weight is 312 g/mol. The number of carbonyl (C=O) groups excluding carboxylic acids is 1. The van der Waals surface area contributed by atoms with Gasteiger partial charge in [0.1, 0.15) is 0 Å². The summed E-state index contributed by atoms with van der Waals surface area (Å²) in [5.74, 6) is 0.183. The van der Waals surface area contributed by atoms with Crippen molar-refractivity contribution < 1.29 is 9.90 Å². The topological polar surface area (TPSA) is 65.5 Å². The van der Waals surface area contributed by atoms with Crippen molar-refractivity contribution in [1.29, 1.82) is 0 Å². The third-order valence-electron chi connectivity index (χ3n) is 3.93. The Labute approximate surface area is 130 Å². The van der Waals surface area contributed by atoms with Crippen LogP contribution in [-0.4, -0.2) is 40.7 Å². The van der Waals surface area contributed by atoms with E-state index < -0.39 is 0 Å². The quantitative estimate of drug-likeness (QED) is 0.897. The van der Waals surface area contributed by atoms with E-state index in [-0.39, 0.29) is 18.1 Å². The van der Waals surface area contributed by atoms with Crippen LogP contribution in [0.25, 0.3) is 0 Å². The van der Waals surface area contributed by atoms with E-state index in [1.165, 1.54) is 0 Å². The number of pyridine rings is 1. The minimum Gasteiger partial charge on any atom is -0.393 e. The number of urea groups is 1. The molecule has 1 fully saturated rings. The van der Waals surface area contributed by atoms with Crippen molar-refractivity contribution in [2.24, 2.45) is 5.92 Å². The van der Waals surface area contributed by atoms with Gasteiger partial charge in [-0.05, 0) is 25.0 Å². The summed E-state index contributed by atoms with van der Waals surface area (Å²) in [6, 6.07) is 3.38. The first-order chi connectivity index (χ1) is 10.1. The second-order valence-electron chi connectivity index (χ2n) is 5.62. The number of hydrogen-bond acceptors (Lipinski definition) is 3. The summed E-state index contributed by atoms with van der Waals surface area (Å²) >= 11 is 5.77. The smallest absolute Gasteiger partial charge is 0.317 e. The van der Waals surface area contributed by atoms with Crippen LogP contribution in [-0.2, 0) is 6.54 Å². The van der Waals surface area contributed by atoms with E-state index >= 15 is 0 Å². The number of aliphatic hydroxyl groups is 1. The van der Waals surface area contributed by atoms with Gasteiger partial charge in [0, 0.05) is 25.7 Å². The molecule has 1 aliphatic carbocycles. The molecular formula is C15H22ClN3O2. The Morgan fingerprint density at radius 2 is 2.24 bits per heavy atom. The maximum absolute atomic E-state index is 12.0. The Balaban J connectivity index is 1.78. The molecule has 2 rings (SSSR count). The maximum Gasteiger partial charge on any atom is 0.317 e. The van der Waals surface area contributed by atoms with Crippen LogP contribution in [0.4, 0.5) is 4.79 Å². The summed E-state index contributed by atoms with van der Waals surface area (Å²) < 4.78 is 0. The lowest BCUT2D eigenvalue weighted by Gasteiger charge is -2.31. The minimum absolute atomic E-state index is 0.149. The fourth-order valence-electron chi connectivity index (χ4n) is 2.65. The van der Waals surface area contributed by atoms with Crippen LogP contribution in [0.5, 0.6) is 0 Å². The summed E-state index contributed by atoms with van der Waals surface area (Å²) in [6.07, 6.45) is 5.31. The molecule has 116 valence electrons. The molecule has 0 aliphatic heterocycles. The predicted molar refractivity (Wildman–Crippen MR) is 82.1 cm³/mol. The molecule has 2 atom stereocenters. The summed E-state index contributed by atoms with van der Waals surface area (Å²) in [5.41, 5.74) is 0.763. The zero-order valence-electron chi connectivity index (χ0n) is 12.3. The largest absolute Gasteiger partial charge is 0.393 e. The number of amides is 2. The lowest BCUT2D eigenvalue weighted by Crippen LogP contribution is -2.42. The Hall–Kier alpha value is -1.33. The van der Waals surface area contributed by atoms with E-state index in [1.807, 2.05) is 0 Å². The molecule has 1 saturated carbocycles. The molecule has 1 aliphatic rings. The molecule has 21 heavy (non-hydrogen) atoms. The van der Waals surface area contributed by atoms with Crippen LogP contribution in [0.15, 0.2) is 18.3 Å². The first-order valence-electron chi connectivity index (χ1n) is 7.33. The molecule has 0 aromatic carbocycles. The first kappa shape index (κ1) is 16.0. The summed E-state index contributed by atoms with van der Waals surface area (Å²) in [6.45, 7) is 0.953. The lowest BCUT2D eigenvalue weighted by atomic mass is 9.86. The highest BCUT2D eigenvalue weighted by Crippen LogP contribution is 2.24. The second-order valence-corrected chi connectivity index (χ2v) is 6.06. The standard InChI is InChI=1S/C15H22ClN3O2/c1-19(10-11-4-2-3-5-14(11)20)15(21)18-9-13-7-6-12(16)8-17-13/h6-8,11,14,20H,2-5,9-10H2,1H3,(H,18,21)/t11-,14+/m0/s1. The number of carbonyl (C=O) groups is 1. The van der Waals surface area contributed by atoms with Crippen molar-refractivity contribution in [3.8, 4) is 0 Å². The normalized spacial score (nSPS) is 21.9. The summed E-state index contributed by atoms with van der Waals surface area (Å²) in [5, 5.41) is 13.4.